The Morgan fingerprint density at radius 1 is 1.06 bits per heavy atom. The van der Waals surface area contributed by atoms with Crippen molar-refractivity contribution in [2.75, 3.05) is 34.5 Å². The van der Waals surface area contributed by atoms with E-state index in [1.807, 2.05) is 37.9 Å². The molecule has 34 heavy (non-hydrogen) atoms. The molecule has 0 fully saturated rings. The van der Waals surface area contributed by atoms with Crippen molar-refractivity contribution >= 4 is 48.5 Å². The lowest BCUT2D eigenvalue weighted by Crippen LogP contribution is -2.49. The van der Waals surface area contributed by atoms with Gasteiger partial charge in [-0.25, -0.2) is 9.37 Å². The zero-order chi connectivity index (χ0) is 23.7. The van der Waals surface area contributed by atoms with E-state index in [1.54, 1.807) is 24.1 Å². The lowest BCUT2D eigenvalue weighted by atomic mass is 10.1. The minimum absolute atomic E-state index is 0. The third-order valence-corrected chi connectivity index (χ3v) is 5.75. The number of likely N-dealkylation sites (N-methyl/N-ethyl adjacent to an activating group) is 2. The second-order valence-corrected chi connectivity index (χ2v) is 8.00. The Bertz CT molecular complexity index is 1200. The van der Waals surface area contributed by atoms with E-state index in [4.69, 9.17) is 0 Å². The molecule has 2 heterocycles. The van der Waals surface area contributed by atoms with Crippen molar-refractivity contribution in [1.29, 1.82) is 0 Å². The van der Waals surface area contributed by atoms with Crippen LogP contribution in [0, 0.1) is 12.7 Å². The summed E-state index contributed by atoms with van der Waals surface area (Å²) in [6, 6.07) is 12.5. The van der Waals surface area contributed by atoms with Crippen molar-refractivity contribution in [3.8, 4) is 0 Å². The first-order valence-electron chi connectivity index (χ1n) is 10.5. The number of aromatic nitrogens is 2. The van der Waals surface area contributed by atoms with E-state index in [1.165, 1.54) is 24.3 Å². The lowest BCUT2D eigenvalue weighted by Gasteiger charge is -2.37. The Morgan fingerprint density at radius 2 is 1.71 bits per heavy atom. The summed E-state index contributed by atoms with van der Waals surface area (Å²) in [6.45, 7) is 4.19. The second kappa shape index (κ2) is 10.1. The van der Waals surface area contributed by atoms with Gasteiger partial charge in [0.2, 0.25) is 11.9 Å². The SMILES string of the molecule is Cc1nc(NCc2ccc(NC(=O)c3ccc(F)cc3)cc2)nc2c1N(C)C(=O)[C@H](C)N2C.S. The second-order valence-electron chi connectivity index (χ2n) is 8.00. The van der Waals surface area contributed by atoms with Crippen LogP contribution < -0.4 is 20.4 Å². The van der Waals surface area contributed by atoms with Gasteiger partial charge in [-0.15, -0.1) is 0 Å². The van der Waals surface area contributed by atoms with Crippen molar-refractivity contribution < 1.29 is 14.0 Å². The average molecular weight is 483 g/mol. The van der Waals surface area contributed by atoms with Gasteiger partial charge in [0.05, 0.1) is 5.69 Å². The molecule has 0 aliphatic carbocycles. The van der Waals surface area contributed by atoms with Crippen LogP contribution in [0.15, 0.2) is 48.5 Å². The number of anilines is 4. The van der Waals surface area contributed by atoms with Gasteiger partial charge in [-0.1, -0.05) is 12.1 Å². The molecule has 1 atom stereocenters. The molecule has 2 N–H and O–H groups in total. The van der Waals surface area contributed by atoms with Crippen LogP contribution >= 0.6 is 13.5 Å². The highest BCUT2D eigenvalue weighted by Crippen LogP contribution is 2.35. The van der Waals surface area contributed by atoms with Crippen LogP contribution in [0.5, 0.6) is 0 Å². The van der Waals surface area contributed by atoms with Gasteiger partial charge in [0.25, 0.3) is 5.91 Å². The molecule has 0 spiro atoms. The Hall–Kier alpha value is -3.66. The van der Waals surface area contributed by atoms with Crippen LogP contribution in [-0.2, 0) is 11.3 Å². The maximum absolute atomic E-state index is 13.0. The van der Waals surface area contributed by atoms with Gasteiger partial charge < -0.3 is 20.4 Å². The van der Waals surface area contributed by atoms with Crippen molar-refractivity contribution in [1.82, 2.24) is 9.97 Å². The summed E-state index contributed by atoms with van der Waals surface area (Å²) >= 11 is 0. The Kier molecular flexibility index (Phi) is 7.41. The number of aryl methyl sites for hydroxylation is 1. The molecule has 8 nitrogen and oxygen atoms in total. The van der Waals surface area contributed by atoms with E-state index in [0.717, 1.165) is 11.3 Å². The molecule has 1 aromatic heterocycles. The molecule has 0 saturated heterocycles. The molecule has 0 saturated carbocycles. The van der Waals surface area contributed by atoms with Crippen LogP contribution in [0.3, 0.4) is 0 Å². The monoisotopic (exact) mass is 482 g/mol. The van der Waals surface area contributed by atoms with Crippen molar-refractivity contribution in [3.63, 3.8) is 0 Å². The first-order chi connectivity index (χ1) is 15.7. The number of hydrogen-bond donors (Lipinski definition) is 2. The van der Waals surface area contributed by atoms with Gasteiger partial charge in [0, 0.05) is 31.9 Å². The highest BCUT2D eigenvalue weighted by Gasteiger charge is 2.34. The summed E-state index contributed by atoms with van der Waals surface area (Å²) in [7, 11) is 3.59. The van der Waals surface area contributed by atoms with Gasteiger partial charge in [0.1, 0.15) is 17.5 Å². The van der Waals surface area contributed by atoms with Gasteiger partial charge >= 0.3 is 0 Å². The summed E-state index contributed by atoms with van der Waals surface area (Å²) in [4.78, 5) is 37.3. The van der Waals surface area contributed by atoms with Gasteiger partial charge in [-0.2, -0.15) is 18.5 Å². The number of halogens is 1. The molecule has 2 aromatic carbocycles. The number of fused-ring (bicyclic) bond motifs is 1. The largest absolute Gasteiger partial charge is 0.350 e. The van der Waals surface area contributed by atoms with Gasteiger partial charge in [-0.3, -0.25) is 9.59 Å². The van der Waals surface area contributed by atoms with Crippen LogP contribution in [0.4, 0.5) is 27.5 Å². The molecule has 2 amide bonds. The summed E-state index contributed by atoms with van der Waals surface area (Å²) in [5, 5.41) is 6.02. The normalized spacial score (nSPS) is 14.9. The van der Waals surface area contributed by atoms with E-state index >= 15 is 0 Å². The summed E-state index contributed by atoms with van der Waals surface area (Å²) in [5.41, 5.74) is 3.43. The van der Waals surface area contributed by atoms with E-state index < -0.39 is 0 Å². The van der Waals surface area contributed by atoms with Crippen molar-refractivity contribution in [2.45, 2.75) is 26.4 Å². The first kappa shape index (κ1) is 25.0. The van der Waals surface area contributed by atoms with Crippen LogP contribution in [0.25, 0.3) is 0 Å². The minimum Gasteiger partial charge on any atom is -0.350 e. The van der Waals surface area contributed by atoms with E-state index in [9.17, 15) is 14.0 Å². The number of carbonyl (C=O) groups is 2. The van der Waals surface area contributed by atoms with Crippen molar-refractivity contribution in [3.05, 3.63) is 71.2 Å². The summed E-state index contributed by atoms with van der Waals surface area (Å²) < 4.78 is 13.0. The third-order valence-electron chi connectivity index (χ3n) is 5.75. The fourth-order valence-electron chi connectivity index (χ4n) is 3.70. The molecule has 0 unspecified atom stereocenters. The highest BCUT2D eigenvalue weighted by atomic mass is 32.1. The summed E-state index contributed by atoms with van der Waals surface area (Å²) in [6.07, 6.45) is 0. The van der Waals surface area contributed by atoms with Gasteiger partial charge in [0.15, 0.2) is 5.82 Å². The van der Waals surface area contributed by atoms with Gasteiger partial charge in [-0.05, 0) is 55.8 Å². The van der Waals surface area contributed by atoms with E-state index in [2.05, 4.69) is 20.6 Å². The smallest absolute Gasteiger partial charge is 0.255 e. The Balaban J connectivity index is 0.00000324. The van der Waals surface area contributed by atoms with E-state index in [-0.39, 0.29) is 37.2 Å². The van der Waals surface area contributed by atoms with Crippen LogP contribution in [-0.4, -0.2) is 41.9 Å². The lowest BCUT2D eigenvalue weighted by molar-refractivity contribution is -0.119. The van der Waals surface area contributed by atoms with Crippen molar-refractivity contribution in [2.24, 2.45) is 0 Å². The topological polar surface area (TPSA) is 90.5 Å². The zero-order valence-corrected chi connectivity index (χ0v) is 20.4. The number of benzene rings is 2. The standard InChI is InChI=1S/C24H25FN6O2.H2S/c1-14-20-21(30(3)15(2)23(33)31(20)4)29-24(27-14)26-13-16-5-11-19(12-6-16)28-22(32)17-7-9-18(25)10-8-17;/h5-12,15H,13H2,1-4H3,(H,28,32)(H,26,27,29);1H2/t15-;/m0./s1. The molecule has 1 aliphatic rings. The average Bonchev–Trinajstić information content (AvgIpc) is 2.81. The number of carbonyl (C=O) groups excluding carboxylic acids is 2. The number of hydrogen-bond acceptors (Lipinski definition) is 6. The molecular formula is C24H27FN6O2S. The summed E-state index contributed by atoms with van der Waals surface area (Å²) in [5.74, 6) is 0.494. The molecule has 10 heteroatoms. The fourth-order valence-corrected chi connectivity index (χ4v) is 3.70. The Morgan fingerprint density at radius 3 is 2.35 bits per heavy atom. The quantitative estimate of drug-likeness (QED) is 0.576. The maximum atomic E-state index is 13.0. The molecule has 3 aromatic rings. The molecular weight excluding hydrogens is 455 g/mol. The Labute approximate surface area is 204 Å². The predicted octanol–water partition coefficient (Wildman–Crippen LogP) is 3.70. The van der Waals surface area contributed by atoms with E-state index in [0.29, 0.717) is 35.2 Å². The number of nitrogens with zero attached hydrogens (tertiary/aromatic N) is 4. The molecule has 1 aliphatic heterocycles. The number of nitrogens with one attached hydrogen (secondary N) is 2. The first-order valence-corrected chi connectivity index (χ1v) is 10.5. The number of amides is 2. The molecule has 178 valence electrons. The van der Waals surface area contributed by atoms with Crippen LogP contribution in [0.2, 0.25) is 0 Å². The zero-order valence-electron chi connectivity index (χ0n) is 19.4. The minimum atomic E-state index is -0.386. The maximum Gasteiger partial charge on any atom is 0.255 e. The number of rotatable bonds is 5. The fraction of sp³-hybridized carbons (Fsp3) is 0.250. The molecule has 0 bridgehead atoms. The molecule has 4 rings (SSSR count). The van der Waals surface area contributed by atoms with Crippen LogP contribution in [0.1, 0.15) is 28.5 Å². The molecule has 0 radical (unpaired) electrons. The predicted molar refractivity (Wildman–Crippen MR) is 137 cm³/mol. The third kappa shape index (κ3) is 4.96. The highest BCUT2D eigenvalue weighted by molar-refractivity contribution is 7.59.